The molecule has 17 heavy (non-hydrogen) atoms. The van der Waals surface area contributed by atoms with Gasteiger partial charge in [-0.25, -0.2) is 19.6 Å². The Balaban J connectivity index is 0.000000171. The number of methoxy groups -OCH3 is 1. The number of aromatic amines is 2. The number of carbonyl (C=O) groups excluding carboxylic acids is 1. The Morgan fingerprint density at radius 1 is 1.41 bits per heavy atom. The summed E-state index contributed by atoms with van der Waals surface area (Å²) in [4.78, 5) is 32.7. The lowest BCUT2D eigenvalue weighted by atomic mass is 10.5. The van der Waals surface area contributed by atoms with Crippen molar-refractivity contribution >= 4 is 11.9 Å². The van der Waals surface area contributed by atoms with Crippen LogP contribution in [0.3, 0.4) is 0 Å². The Labute approximate surface area is 95.7 Å². The second-order valence-corrected chi connectivity index (χ2v) is 2.69. The van der Waals surface area contributed by atoms with Gasteiger partial charge < -0.3 is 19.8 Å². The van der Waals surface area contributed by atoms with Crippen molar-refractivity contribution in [3.05, 3.63) is 36.4 Å². The lowest BCUT2D eigenvalue weighted by molar-refractivity contribution is 0.0593. The number of hydrogen-bond donors (Lipinski definition) is 3. The molecule has 0 unspecified atom stereocenters. The van der Waals surface area contributed by atoms with Gasteiger partial charge in [0.25, 0.3) is 0 Å². The molecule has 8 nitrogen and oxygen atoms in total. The highest BCUT2D eigenvalue weighted by Crippen LogP contribution is 1.91. The minimum atomic E-state index is -1.03. The molecule has 0 saturated carbocycles. The molecule has 0 radical (unpaired) electrons. The largest absolute Gasteiger partial charge is 0.475 e. The molecule has 2 aromatic rings. The third-order valence-corrected chi connectivity index (χ3v) is 1.59. The Kier molecular flexibility index (Phi) is 4.43. The zero-order chi connectivity index (χ0) is 12.7. The van der Waals surface area contributed by atoms with Crippen molar-refractivity contribution < 1.29 is 19.4 Å². The van der Waals surface area contributed by atoms with E-state index in [0.29, 0.717) is 5.69 Å². The molecular weight excluding hydrogens is 228 g/mol. The lowest BCUT2D eigenvalue weighted by Gasteiger charge is -1.89. The van der Waals surface area contributed by atoms with Gasteiger partial charge in [-0.1, -0.05) is 0 Å². The predicted molar refractivity (Wildman–Crippen MR) is 55.5 cm³/mol. The number of ether oxygens (including phenoxy) is 1. The molecule has 2 aromatic heterocycles. The number of hydrogen-bond acceptors (Lipinski definition) is 5. The van der Waals surface area contributed by atoms with Gasteiger partial charge in [0.15, 0.2) is 5.69 Å². The van der Waals surface area contributed by atoms with Gasteiger partial charge in [0.1, 0.15) is 0 Å². The van der Waals surface area contributed by atoms with Crippen molar-refractivity contribution in [2.24, 2.45) is 0 Å². The highest BCUT2D eigenvalue weighted by molar-refractivity contribution is 5.86. The Morgan fingerprint density at radius 3 is 2.53 bits per heavy atom. The van der Waals surface area contributed by atoms with E-state index in [9.17, 15) is 9.59 Å². The van der Waals surface area contributed by atoms with Crippen LogP contribution in [-0.4, -0.2) is 44.1 Å². The van der Waals surface area contributed by atoms with E-state index in [1.54, 1.807) is 0 Å². The maximum absolute atomic E-state index is 10.6. The van der Waals surface area contributed by atoms with Gasteiger partial charge >= 0.3 is 11.9 Å². The van der Waals surface area contributed by atoms with Gasteiger partial charge in [-0.05, 0) is 0 Å². The summed E-state index contributed by atoms with van der Waals surface area (Å²) in [5.41, 5.74) is 0.303. The number of nitrogens with zero attached hydrogens (tertiary/aromatic N) is 2. The van der Waals surface area contributed by atoms with Crippen LogP contribution < -0.4 is 0 Å². The maximum atomic E-state index is 10.6. The van der Waals surface area contributed by atoms with Gasteiger partial charge in [-0.15, -0.1) is 0 Å². The predicted octanol–water partition coefficient (Wildman–Crippen LogP) is 0.304. The number of imidazole rings is 2. The topological polar surface area (TPSA) is 121 Å². The number of nitrogens with one attached hydrogen (secondary N) is 2. The third-order valence-electron chi connectivity index (χ3n) is 1.59. The average Bonchev–Trinajstić information content (AvgIpc) is 3.01. The van der Waals surface area contributed by atoms with Crippen LogP contribution in [0.2, 0.25) is 0 Å². The van der Waals surface area contributed by atoms with Crippen LogP contribution in [0.1, 0.15) is 21.1 Å². The minimum absolute atomic E-state index is 0.0231. The number of aromatic carboxylic acids is 1. The van der Waals surface area contributed by atoms with Gasteiger partial charge in [0.05, 0.1) is 13.4 Å². The number of rotatable bonds is 2. The molecule has 90 valence electrons. The Bertz CT molecular complexity index is 463. The van der Waals surface area contributed by atoms with Crippen LogP contribution in [0.25, 0.3) is 0 Å². The monoisotopic (exact) mass is 238 g/mol. The van der Waals surface area contributed by atoms with Crippen LogP contribution in [0.4, 0.5) is 0 Å². The van der Waals surface area contributed by atoms with E-state index in [1.165, 1.54) is 32.0 Å². The average molecular weight is 238 g/mol. The standard InChI is InChI=1S/C5H6N2O2.C4H4N2O2/c1-9-5(8)4-2-6-3-7-4;7-4(8)3-5-1-2-6-3/h2-3H,1H3,(H,6,7);1-2H,(H,5,6)(H,7,8). The molecule has 0 aliphatic rings. The molecule has 0 spiro atoms. The molecule has 3 N–H and O–H groups in total. The second-order valence-electron chi connectivity index (χ2n) is 2.69. The normalized spacial score (nSPS) is 9.00. The van der Waals surface area contributed by atoms with E-state index < -0.39 is 11.9 Å². The Morgan fingerprint density at radius 2 is 2.18 bits per heavy atom. The number of H-pyrrole nitrogens is 2. The summed E-state index contributed by atoms with van der Waals surface area (Å²) in [5, 5.41) is 8.18. The zero-order valence-electron chi connectivity index (χ0n) is 8.88. The first-order valence-electron chi connectivity index (χ1n) is 4.45. The van der Waals surface area contributed by atoms with E-state index in [-0.39, 0.29) is 5.82 Å². The highest BCUT2D eigenvalue weighted by atomic mass is 16.5. The van der Waals surface area contributed by atoms with Crippen LogP contribution in [0, 0.1) is 0 Å². The molecule has 0 bridgehead atoms. The lowest BCUT2D eigenvalue weighted by Crippen LogP contribution is -2.00. The summed E-state index contributed by atoms with van der Waals surface area (Å²) >= 11 is 0. The van der Waals surface area contributed by atoms with Crippen LogP contribution in [-0.2, 0) is 4.74 Å². The number of carbonyl (C=O) groups is 2. The first-order valence-corrected chi connectivity index (χ1v) is 4.45. The van der Waals surface area contributed by atoms with Crippen LogP contribution in [0.5, 0.6) is 0 Å². The summed E-state index contributed by atoms with van der Waals surface area (Å²) < 4.78 is 4.37. The van der Waals surface area contributed by atoms with E-state index >= 15 is 0 Å². The van der Waals surface area contributed by atoms with Crippen molar-refractivity contribution in [2.75, 3.05) is 7.11 Å². The number of esters is 1. The smallest absolute Gasteiger partial charge is 0.371 e. The van der Waals surface area contributed by atoms with Gasteiger partial charge in [0.2, 0.25) is 5.82 Å². The molecule has 0 aromatic carbocycles. The van der Waals surface area contributed by atoms with Crippen molar-refractivity contribution in [3.8, 4) is 0 Å². The van der Waals surface area contributed by atoms with E-state index in [1.807, 2.05) is 0 Å². The molecule has 2 heterocycles. The molecule has 2 rings (SSSR count). The highest BCUT2D eigenvalue weighted by Gasteiger charge is 2.04. The summed E-state index contributed by atoms with van der Waals surface area (Å²) in [7, 11) is 1.32. The molecule has 0 atom stereocenters. The molecule has 0 fully saturated rings. The second kappa shape index (κ2) is 6.05. The fraction of sp³-hybridized carbons (Fsp3) is 0.111. The number of carboxylic acid groups (broad SMARTS) is 1. The summed E-state index contributed by atoms with van der Waals surface area (Å²) in [6.07, 6.45) is 5.75. The third kappa shape index (κ3) is 3.78. The maximum Gasteiger partial charge on any atom is 0.371 e. The Hall–Kier alpha value is -2.64. The first kappa shape index (κ1) is 12.4. The van der Waals surface area contributed by atoms with E-state index in [4.69, 9.17) is 5.11 Å². The summed E-state index contributed by atoms with van der Waals surface area (Å²) in [6.45, 7) is 0. The fourth-order valence-corrected chi connectivity index (χ4v) is 0.859. The molecular formula is C9H10N4O4. The molecule has 0 saturated heterocycles. The number of aromatic nitrogens is 4. The van der Waals surface area contributed by atoms with Crippen molar-refractivity contribution in [1.82, 2.24) is 19.9 Å². The van der Waals surface area contributed by atoms with Crippen molar-refractivity contribution in [2.45, 2.75) is 0 Å². The van der Waals surface area contributed by atoms with Crippen LogP contribution in [0.15, 0.2) is 24.9 Å². The fourth-order valence-electron chi connectivity index (χ4n) is 0.859. The zero-order valence-corrected chi connectivity index (χ0v) is 8.88. The molecule has 8 heteroatoms. The molecule has 0 amide bonds. The summed E-state index contributed by atoms with van der Waals surface area (Å²) in [6, 6.07) is 0. The van der Waals surface area contributed by atoms with Crippen molar-refractivity contribution in [3.63, 3.8) is 0 Å². The van der Waals surface area contributed by atoms with Crippen molar-refractivity contribution in [1.29, 1.82) is 0 Å². The van der Waals surface area contributed by atoms with E-state index in [2.05, 4.69) is 24.7 Å². The number of carboxylic acids is 1. The molecule has 0 aliphatic carbocycles. The summed E-state index contributed by atoms with van der Waals surface area (Å²) in [5.74, 6) is -1.48. The van der Waals surface area contributed by atoms with E-state index in [0.717, 1.165) is 0 Å². The van der Waals surface area contributed by atoms with Gasteiger partial charge in [0, 0.05) is 18.6 Å². The molecule has 0 aliphatic heterocycles. The van der Waals surface area contributed by atoms with Gasteiger partial charge in [-0.2, -0.15) is 0 Å². The SMILES string of the molecule is COC(=O)c1c[nH]cn1.O=C(O)c1ncc[nH]1. The first-order chi connectivity index (χ1) is 8.15. The van der Waals surface area contributed by atoms with Gasteiger partial charge in [-0.3, -0.25) is 0 Å². The minimum Gasteiger partial charge on any atom is -0.475 e. The van der Waals surface area contributed by atoms with Crippen LogP contribution >= 0.6 is 0 Å². The quantitative estimate of drug-likeness (QED) is 0.647.